The van der Waals surface area contributed by atoms with Crippen LogP contribution in [-0.2, 0) is 0 Å². The molecular formula is C9H20N2O. The fraction of sp³-hybridized carbons (Fsp3) is 1.00. The molecule has 0 unspecified atom stereocenters. The van der Waals surface area contributed by atoms with Crippen molar-refractivity contribution in [1.29, 1.82) is 0 Å². The summed E-state index contributed by atoms with van der Waals surface area (Å²) >= 11 is 0. The second-order valence-corrected chi connectivity index (χ2v) is 3.38. The van der Waals surface area contributed by atoms with E-state index >= 15 is 0 Å². The molecule has 3 nitrogen and oxygen atoms in total. The maximum absolute atomic E-state index is 8.50. The van der Waals surface area contributed by atoms with Crippen LogP contribution in [0, 0.1) is 0 Å². The molecule has 0 bridgehead atoms. The number of nitrogens with zero attached hydrogens (tertiary/aromatic N) is 1. The zero-order chi connectivity index (χ0) is 8.65. The molecular weight excluding hydrogens is 152 g/mol. The lowest BCUT2D eigenvalue weighted by molar-refractivity contribution is 0.287. The van der Waals surface area contributed by atoms with Crippen LogP contribution in [0.15, 0.2) is 0 Å². The van der Waals surface area contributed by atoms with Crippen molar-refractivity contribution < 1.29 is 5.11 Å². The molecule has 1 fully saturated rings. The average molecular weight is 172 g/mol. The van der Waals surface area contributed by atoms with Crippen LogP contribution in [0.5, 0.6) is 0 Å². The molecule has 12 heavy (non-hydrogen) atoms. The van der Waals surface area contributed by atoms with E-state index in [9.17, 15) is 0 Å². The first-order valence-corrected chi connectivity index (χ1v) is 4.97. The van der Waals surface area contributed by atoms with Gasteiger partial charge in [0.15, 0.2) is 0 Å². The Morgan fingerprint density at radius 3 is 2.58 bits per heavy atom. The van der Waals surface area contributed by atoms with E-state index in [0.29, 0.717) is 0 Å². The summed E-state index contributed by atoms with van der Waals surface area (Å²) in [5, 5.41) is 11.7. The highest BCUT2D eigenvalue weighted by atomic mass is 16.3. The van der Waals surface area contributed by atoms with Crippen LogP contribution in [0.3, 0.4) is 0 Å². The Labute approximate surface area is 74.8 Å². The van der Waals surface area contributed by atoms with Gasteiger partial charge in [0.05, 0.1) is 6.61 Å². The number of rotatable bonds is 6. The van der Waals surface area contributed by atoms with Gasteiger partial charge in [0.2, 0.25) is 0 Å². The second-order valence-electron chi connectivity index (χ2n) is 3.38. The highest BCUT2D eigenvalue weighted by molar-refractivity contribution is 4.65. The lowest BCUT2D eigenvalue weighted by Gasteiger charge is -2.13. The summed E-state index contributed by atoms with van der Waals surface area (Å²) in [5.74, 6) is 0. The summed E-state index contributed by atoms with van der Waals surface area (Å²) in [4.78, 5) is 2.51. The van der Waals surface area contributed by atoms with Gasteiger partial charge in [0, 0.05) is 6.54 Å². The third-order valence-electron chi connectivity index (χ3n) is 2.32. The van der Waals surface area contributed by atoms with E-state index in [0.717, 1.165) is 13.1 Å². The van der Waals surface area contributed by atoms with Crippen LogP contribution in [0.4, 0.5) is 0 Å². The molecule has 0 aromatic heterocycles. The Kier molecular flexibility index (Phi) is 5.32. The maximum Gasteiger partial charge on any atom is 0.0555 e. The van der Waals surface area contributed by atoms with Crippen LogP contribution >= 0.6 is 0 Å². The van der Waals surface area contributed by atoms with Crippen molar-refractivity contribution in [2.24, 2.45) is 0 Å². The molecule has 0 atom stereocenters. The van der Waals surface area contributed by atoms with Crippen molar-refractivity contribution in [3.05, 3.63) is 0 Å². The van der Waals surface area contributed by atoms with Crippen molar-refractivity contribution in [2.45, 2.75) is 19.3 Å². The van der Waals surface area contributed by atoms with Crippen LogP contribution in [0.25, 0.3) is 0 Å². The molecule has 2 N–H and O–H groups in total. The SMILES string of the molecule is OCCNCCCN1CCCC1. The van der Waals surface area contributed by atoms with Crippen molar-refractivity contribution in [3.8, 4) is 0 Å². The van der Waals surface area contributed by atoms with Crippen LogP contribution in [0.1, 0.15) is 19.3 Å². The number of aliphatic hydroxyl groups is 1. The number of likely N-dealkylation sites (tertiary alicyclic amines) is 1. The van der Waals surface area contributed by atoms with Crippen molar-refractivity contribution in [2.75, 3.05) is 39.3 Å². The monoisotopic (exact) mass is 172 g/mol. The maximum atomic E-state index is 8.50. The third-order valence-corrected chi connectivity index (χ3v) is 2.32. The summed E-state index contributed by atoms with van der Waals surface area (Å²) in [6.45, 7) is 5.83. The minimum Gasteiger partial charge on any atom is -0.395 e. The minimum absolute atomic E-state index is 0.254. The molecule has 1 aliphatic heterocycles. The van der Waals surface area contributed by atoms with Crippen LogP contribution < -0.4 is 5.32 Å². The molecule has 0 aromatic rings. The van der Waals surface area contributed by atoms with Crippen molar-refractivity contribution in [1.82, 2.24) is 10.2 Å². The zero-order valence-electron chi connectivity index (χ0n) is 7.76. The van der Waals surface area contributed by atoms with Gasteiger partial charge in [-0.15, -0.1) is 0 Å². The zero-order valence-corrected chi connectivity index (χ0v) is 7.76. The predicted molar refractivity (Wildman–Crippen MR) is 50.2 cm³/mol. The second kappa shape index (κ2) is 6.40. The highest BCUT2D eigenvalue weighted by Gasteiger charge is 2.09. The van der Waals surface area contributed by atoms with E-state index in [-0.39, 0.29) is 6.61 Å². The number of hydrogen-bond acceptors (Lipinski definition) is 3. The summed E-state index contributed by atoms with van der Waals surface area (Å²) in [6, 6.07) is 0. The normalized spacial score (nSPS) is 18.8. The highest BCUT2D eigenvalue weighted by Crippen LogP contribution is 2.06. The van der Waals surface area contributed by atoms with Gasteiger partial charge in [0.1, 0.15) is 0 Å². The largest absolute Gasteiger partial charge is 0.395 e. The molecule has 0 aromatic carbocycles. The standard InChI is InChI=1S/C9H20N2O/c12-9-5-10-4-3-8-11-6-1-2-7-11/h10,12H,1-9H2. The molecule has 0 saturated carbocycles. The molecule has 0 spiro atoms. The minimum atomic E-state index is 0.254. The van der Waals surface area contributed by atoms with E-state index in [1.165, 1.54) is 38.9 Å². The molecule has 1 saturated heterocycles. The first kappa shape index (κ1) is 9.96. The Morgan fingerprint density at radius 1 is 1.17 bits per heavy atom. The molecule has 1 aliphatic rings. The molecule has 1 rings (SSSR count). The number of hydrogen-bond donors (Lipinski definition) is 2. The Bertz CT molecular complexity index is 103. The summed E-state index contributed by atoms with van der Waals surface area (Å²) in [6.07, 6.45) is 3.97. The van der Waals surface area contributed by atoms with E-state index in [1.54, 1.807) is 0 Å². The molecule has 0 aliphatic carbocycles. The van der Waals surface area contributed by atoms with Crippen LogP contribution in [0.2, 0.25) is 0 Å². The van der Waals surface area contributed by atoms with Gasteiger partial charge in [-0.3, -0.25) is 0 Å². The molecule has 0 amide bonds. The molecule has 1 heterocycles. The Hall–Kier alpha value is -0.120. The number of aliphatic hydroxyl groups excluding tert-OH is 1. The van der Waals surface area contributed by atoms with Gasteiger partial charge in [-0.25, -0.2) is 0 Å². The van der Waals surface area contributed by atoms with E-state index in [2.05, 4.69) is 10.2 Å². The lowest BCUT2D eigenvalue weighted by Crippen LogP contribution is -2.26. The van der Waals surface area contributed by atoms with Gasteiger partial charge >= 0.3 is 0 Å². The Morgan fingerprint density at radius 2 is 1.92 bits per heavy atom. The first-order chi connectivity index (χ1) is 5.93. The van der Waals surface area contributed by atoms with Gasteiger partial charge in [-0.1, -0.05) is 0 Å². The van der Waals surface area contributed by atoms with Gasteiger partial charge in [-0.2, -0.15) is 0 Å². The topological polar surface area (TPSA) is 35.5 Å². The fourth-order valence-corrected chi connectivity index (χ4v) is 1.64. The quantitative estimate of drug-likeness (QED) is 0.556. The average Bonchev–Trinajstić information content (AvgIpc) is 2.57. The Balaban J connectivity index is 1.81. The van der Waals surface area contributed by atoms with E-state index in [1.807, 2.05) is 0 Å². The fourth-order valence-electron chi connectivity index (χ4n) is 1.64. The van der Waals surface area contributed by atoms with Crippen LogP contribution in [-0.4, -0.2) is 49.3 Å². The summed E-state index contributed by atoms with van der Waals surface area (Å²) in [5.41, 5.74) is 0. The third kappa shape index (κ3) is 4.04. The van der Waals surface area contributed by atoms with Crippen molar-refractivity contribution >= 4 is 0 Å². The summed E-state index contributed by atoms with van der Waals surface area (Å²) < 4.78 is 0. The van der Waals surface area contributed by atoms with Gasteiger partial charge in [-0.05, 0) is 45.4 Å². The molecule has 0 radical (unpaired) electrons. The predicted octanol–water partition coefficient (Wildman–Crippen LogP) is 0.0542. The van der Waals surface area contributed by atoms with E-state index < -0.39 is 0 Å². The van der Waals surface area contributed by atoms with Crippen molar-refractivity contribution in [3.63, 3.8) is 0 Å². The molecule has 72 valence electrons. The van der Waals surface area contributed by atoms with E-state index in [4.69, 9.17) is 5.11 Å². The van der Waals surface area contributed by atoms with Gasteiger partial charge in [0.25, 0.3) is 0 Å². The molecule has 3 heteroatoms. The van der Waals surface area contributed by atoms with Gasteiger partial charge < -0.3 is 15.3 Å². The lowest BCUT2D eigenvalue weighted by atomic mass is 10.4. The smallest absolute Gasteiger partial charge is 0.0555 e. The first-order valence-electron chi connectivity index (χ1n) is 4.97. The summed E-state index contributed by atoms with van der Waals surface area (Å²) in [7, 11) is 0. The number of nitrogens with one attached hydrogen (secondary N) is 1.